The zero-order chi connectivity index (χ0) is 14.3. The first-order chi connectivity index (χ1) is 9.54. The van der Waals surface area contributed by atoms with Crippen molar-refractivity contribution < 1.29 is 4.79 Å². The predicted octanol–water partition coefficient (Wildman–Crippen LogP) is 2.73. The lowest BCUT2D eigenvalue weighted by Gasteiger charge is -2.31. The molecule has 1 heterocycles. The van der Waals surface area contributed by atoms with Gasteiger partial charge in [0.15, 0.2) is 0 Å². The van der Waals surface area contributed by atoms with E-state index in [-0.39, 0.29) is 11.9 Å². The third-order valence-electron chi connectivity index (χ3n) is 4.59. The van der Waals surface area contributed by atoms with Crippen molar-refractivity contribution in [3.63, 3.8) is 0 Å². The van der Waals surface area contributed by atoms with Crippen LogP contribution >= 0.6 is 11.6 Å². The van der Waals surface area contributed by atoms with Crippen molar-refractivity contribution in [2.75, 3.05) is 17.6 Å². The third-order valence-corrected chi connectivity index (χ3v) is 4.94. The lowest BCUT2D eigenvalue weighted by Crippen LogP contribution is -2.46. The average molecular weight is 294 g/mol. The summed E-state index contributed by atoms with van der Waals surface area (Å²) in [5, 5.41) is 3.43. The van der Waals surface area contributed by atoms with Crippen molar-refractivity contribution in [2.24, 2.45) is 5.92 Å². The van der Waals surface area contributed by atoms with Crippen LogP contribution < -0.4 is 11.1 Å². The van der Waals surface area contributed by atoms with Crippen molar-refractivity contribution in [1.82, 2.24) is 4.90 Å². The number of halogens is 1. The summed E-state index contributed by atoms with van der Waals surface area (Å²) in [6.07, 6.45) is 3.81. The Morgan fingerprint density at radius 1 is 1.50 bits per heavy atom. The molecule has 0 radical (unpaired) electrons. The van der Waals surface area contributed by atoms with Crippen molar-refractivity contribution in [3.8, 4) is 0 Å². The van der Waals surface area contributed by atoms with Crippen LogP contribution in [0, 0.1) is 5.92 Å². The molecule has 4 nitrogen and oxygen atoms in total. The second-order valence-corrected chi connectivity index (χ2v) is 6.34. The molecule has 1 aliphatic heterocycles. The average Bonchev–Trinajstić information content (AvgIpc) is 3.04. The lowest BCUT2D eigenvalue weighted by atomic mass is 10.1. The minimum atomic E-state index is -0.0952. The summed E-state index contributed by atoms with van der Waals surface area (Å²) in [5.41, 5.74) is 6.94. The second-order valence-electron chi connectivity index (χ2n) is 5.93. The van der Waals surface area contributed by atoms with E-state index in [2.05, 4.69) is 10.2 Å². The molecule has 108 valence electrons. The fourth-order valence-corrected chi connectivity index (χ4v) is 3.57. The van der Waals surface area contributed by atoms with E-state index in [1.165, 1.54) is 19.3 Å². The number of hydrogen-bond acceptors (Lipinski definition) is 3. The first-order valence-corrected chi connectivity index (χ1v) is 7.54. The molecule has 1 aromatic rings. The number of anilines is 2. The van der Waals surface area contributed by atoms with Gasteiger partial charge in [-0.3, -0.25) is 9.69 Å². The summed E-state index contributed by atoms with van der Waals surface area (Å²) in [7, 11) is 0. The molecular weight excluding hydrogens is 274 g/mol. The van der Waals surface area contributed by atoms with Crippen LogP contribution in [0.5, 0.6) is 0 Å². The number of piperidine rings is 1. The van der Waals surface area contributed by atoms with Gasteiger partial charge in [-0.1, -0.05) is 11.6 Å². The molecule has 0 spiro atoms. The molecule has 1 saturated carbocycles. The fraction of sp³-hybridized carbons (Fsp3) is 0.533. The molecule has 2 fully saturated rings. The largest absolute Gasteiger partial charge is 0.397 e. The number of fused-ring (bicyclic) bond motifs is 2. The van der Waals surface area contributed by atoms with Gasteiger partial charge in [-0.25, -0.2) is 0 Å². The molecule has 1 aromatic carbocycles. The van der Waals surface area contributed by atoms with Gasteiger partial charge in [0.05, 0.1) is 16.8 Å². The Labute approximate surface area is 124 Å². The number of likely N-dealkylation sites (tertiary alicyclic amines) is 1. The van der Waals surface area contributed by atoms with E-state index in [9.17, 15) is 4.79 Å². The van der Waals surface area contributed by atoms with E-state index in [1.54, 1.807) is 18.2 Å². The summed E-state index contributed by atoms with van der Waals surface area (Å²) in [6, 6.07) is 5.68. The van der Waals surface area contributed by atoms with Gasteiger partial charge in [0.25, 0.3) is 0 Å². The first-order valence-electron chi connectivity index (χ1n) is 7.16. The van der Waals surface area contributed by atoms with Crippen molar-refractivity contribution in [1.29, 1.82) is 0 Å². The molecular formula is C15H20ClN3O. The number of nitrogen functional groups attached to an aromatic ring is 1. The molecule has 2 bridgehead atoms. The zero-order valence-electron chi connectivity index (χ0n) is 11.6. The fourth-order valence-electron chi connectivity index (χ4n) is 3.46. The molecule has 0 aromatic heterocycles. The maximum absolute atomic E-state index is 12.3. The van der Waals surface area contributed by atoms with Gasteiger partial charge < -0.3 is 11.1 Å². The van der Waals surface area contributed by atoms with Gasteiger partial charge in [0, 0.05) is 18.3 Å². The van der Waals surface area contributed by atoms with E-state index in [1.807, 2.05) is 6.92 Å². The Kier molecular flexibility index (Phi) is 3.61. The van der Waals surface area contributed by atoms with Crippen LogP contribution in [0.2, 0.25) is 5.02 Å². The Bertz CT molecular complexity index is 534. The molecule has 1 saturated heterocycles. The van der Waals surface area contributed by atoms with Crippen LogP contribution in [0.25, 0.3) is 0 Å². The molecule has 3 N–H and O–H groups in total. The number of carbonyl (C=O) groups is 1. The van der Waals surface area contributed by atoms with Crippen LogP contribution in [0.3, 0.4) is 0 Å². The topological polar surface area (TPSA) is 58.4 Å². The molecule has 1 aliphatic carbocycles. The minimum Gasteiger partial charge on any atom is -0.397 e. The normalized spacial score (nSPS) is 26.7. The highest BCUT2D eigenvalue weighted by Crippen LogP contribution is 2.38. The summed E-state index contributed by atoms with van der Waals surface area (Å²) < 4.78 is 0. The monoisotopic (exact) mass is 293 g/mol. The molecule has 2 aliphatic rings. The smallest absolute Gasteiger partial charge is 0.241 e. The molecule has 3 atom stereocenters. The summed E-state index contributed by atoms with van der Waals surface area (Å²) in [4.78, 5) is 14.7. The number of amides is 1. The number of nitrogens with one attached hydrogen (secondary N) is 1. The Hall–Kier alpha value is -1.26. The number of nitrogens with zero attached hydrogens (tertiary/aromatic N) is 1. The number of hydrogen-bond donors (Lipinski definition) is 2. The minimum absolute atomic E-state index is 0.0271. The van der Waals surface area contributed by atoms with Gasteiger partial charge in [0.2, 0.25) is 5.91 Å². The van der Waals surface area contributed by atoms with E-state index >= 15 is 0 Å². The Balaban J connectivity index is 1.65. The van der Waals surface area contributed by atoms with E-state index < -0.39 is 0 Å². The quantitative estimate of drug-likeness (QED) is 0.843. The summed E-state index contributed by atoms with van der Waals surface area (Å²) in [6.45, 7) is 3.04. The summed E-state index contributed by atoms with van der Waals surface area (Å²) in [5.74, 6) is 0.820. The maximum atomic E-state index is 12.3. The van der Waals surface area contributed by atoms with Gasteiger partial charge in [0.1, 0.15) is 0 Å². The van der Waals surface area contributed by atoms with Crippen molar-refractivity contribution in [3.05, 3.63) is 23.2 Å². The molecule has 20 heavy (non-hydrogen) atoms. The van der Waals surface area contributed by atoms with Crippen molar-refractivity contribution >= 4 is 28.9 Å². The van der Waals surface area contributed by atoms with E-state index in [4.69, 9.17) is 17.3 Å². The van der Waals surface area contributed by atoms with Crippen LogP contribution in [0.15, 0.2) is 18.2 Å². The second kappa shape index (κ2) is 5.26. The maximum Gasteiger partial charge on any atom is 0.241 e. The van der Waals surface area contributed by atoms with Crippen molar-refractivity contribution in [2.45, 2.75) is 38.3 Å². The summed E-state index contributed by atoms with van der Waals surface area (Å²) >= 11 is 5.88. The Morgan fingerprint density at radius 2 is 2.30 bits per heavy atom. The highest BCUT2D eigenvalue weighted by Gasteiger charge is 2.41. The van der Waals surface area contributed by atoms with Crippen LogP contribution in [0.1, 0.15) is 26.2 Å². The predicted molar refractivity (Wildman–Crippen MR) is 81.8 cm³/mol. The molecule has 3 unspecified atom stereocenters. The van der Waals surface area contributed by atoms with Crippen LogP contribution in [-0.4, -0.2) is 29.4 Å². The zero-order valence-corrected chi connectivity index (χ0v) is 12.4. The SMILES string of the molecule is CC(C(=O)Nc1ccc(Cl)c(N)c1)N1CC2CCC1C2. The van der Waals surface area contributed by atoms with Gasteiger partial charge in [-0.2, -0.15) is 0 Å². The van der Waals surface area contributed by atoms with Crippen LogP contribution in [0.4, 0.5) is 11.4 Å². The lowest BCUT2D eigenvalue weighted by molar-refractivity contribution is -0.121. The van der Waals surface area contributed by atoms with Gasteiger partial charge in [-0.05, 0) is 50.3 Å². The first kappa shape index (κ1) is 13.7. The number of rotatable bonds is 3. The van der Waals surface area contributed by atoms with Gasteiger partial charge in [-0.15, -0.1) is 0 Å². The van der Waals surface area contributed by atoms with Crippen LogP contribution in [-0.2, 0) is 4.79 Å². The molecule has 5 heteroatoms. The third kappa shape index (κ3) is 2.50. The number of carbonyl (C=O) groups excluding carboxylic acids is 1. The highest BCUT2D eigenvalue weighted by atomic mass is 35.5. The van der Waals surface area contributed by atoms with E-state index in [0.717, 1.165) is 12.5 Å². The molecule has 3 rings (SSSR count). The standard InChI is InChI=1S/C15H20ClN3O/c1-9(19-8-10-2-4-12(19)6-10)15(20)18-11-3-5-13(16)14(17)7-11/h3,5,7,9-10,12H,2,4,6,8,17H2,1H3,(H,18,20). The number of nitrogens with two attached hydrogens (primary N) is 1. The van der Waals surface area contributed by atoms with Gasteiger partial charge >= 0.3 is 0 Å². The molecule has 1 amide bonds. The van der Waals surface area contributed by atoms with E-state index in [0.29, 0.717) is 22.4 Å². The number of benzene rings is 1. The Morgan fingerprint density at radius 3 is 2.90 bits per heavy atom. The highest BCUT2D eigenvalue weighted by molar-refractivity contribution is 6.33.